The minimum atomic E-state index is -0.315. The number of aromatic nitrogens is 1. The number of nitrogen functional groups attached to an aromatic ring is 1. The molecule has 7 nitrogen and oxygen atoms in total. The zero-order valence-corrected chi connectivity index (χ0v) is 14.5. The van der Waals surface area contributed by atoms with Crippen LogP contribution in [0, 0.1) is 0 Å². The van der Waals surface area contributed by atoms with Crippen molar-refractivity contribution in [2.24, 2.45) is 10.7 Å². The lowest BCUT2D eigenvalue weighted by molar-refractivity contribution is 0.250. The molecule has 2 aliphatic rings. The molecule has 1 aromatic heterocycles. The Bertz CT molecular complexity index is 780. The molecule has 0 saturated carbocycles. The van der Waals surface area contributed by atoms with Crippen LogP contribution in [0.1, 0.15) is 37.9 Å². The Hall–Kier alpha value is -2.83. The quantitative estimate of drug-likeness (QED) is 0.673. The summed E-state index contributed by atoms with van der Waals surface area (Å²) in [6.45, 7) is 3.92. The second-order valence-electron chi connectivity index (χ2n) is 6.49. The van der Waals surface area contributed by atoms with Gasteiger partial charge in [0.2, 0.25) is 0 Å². The highest BCUT2D eigenvalue weighted by molar-refractivity contribution is 6.04. The van der Waals surface area contributed by atoms with Crippen LogP contribution in [0.3, 0.4) is 0 Å². The topological polar surface area (TPSA) is 118 Å². The smallest absolute Gasteiger partial charge is 0.320 e. The molecule has 0 fully saturated rings. The van der Waals surface area contributed by atoms with Crippen LogP contribution in [0.25, 0.3) is 0 Å². The molecule has 1 aromatic rings. The number of rotatable bonds is 3. The summed E-state index contributed by atoms with van der Waals surface area (Å²) in [6, 6.07) is 1.27. The molecule has 25 heavy (non-hydrogen) atoms. The van der Waals surface area contributed by atoms with Crippen molar-refractivity contribution in [2.75, 3.05) is 11.1 Å². The van der Waals surface area contributed by atoms with Crippen molar-refractivity contribution >= 4 is 23.4 Å². The first-order chi connectivity index (χ1) is 11.9. The zero-order chi connectivity index (χ0) is 18.0. The number of pyridine rings is 1. The summed E-state index contributed by atoms with van der Waals surface area (Å²) >= 11 is 0. The van der Waals surface area contributed by atoms with E-state index in [9.17, 15) is 4.79 Å². The number of aliphatic imine (C=N–C) groups is 1. The monoisotopic (exact) mass is 340 g/mol. The number of hydrogen-bond donors (Lipinski definition) is 4. The van der Waals surface area contributed by atoms with Crippen LogP contribution < -0.4 is 22.1 Å². The molecule has 0 spiro atoms. The molecule has 2 heterocycles. The standard InChI is InChI=1S/C18H24N6O/c1-10-8-14-16(17(20)21-10)13(19)9-15(23-14)24-18(25)22-11(2)12-6-4-3-5-7-12/h4,6-7,9-11H,3,5,8H2,1-2H3,(H2,20,21)(H4,19,22,23,24,25). The third-order valence-corrected chi connectivity index (χ3v) is 4.34. The number of urea groups is 1. The molecule has 3 rings (SSSR count). The lowest BCUT2D eigenvalue weighted by Gasteiger charge is -2.21. The fourth-order valence-corrected chi connectivity index (χ4v) is 3.14. The molecule has 1 aliphatic carbocycles. The van der Waals surface area contributed by atoms with Crippen LogP contribution in [0.2, 0.25) is 0 Å². The van der Waals surface area contributed by atoms with Crippen LogP contribution in [0.15, 0.2) is 34.9 Å². The second kappa shape index (κ2) is 6.96. The molecule has 7 heteroatoms. The zero-order valence-electron chi connectivity index (χ0n) is 14.5. The van der Waals surface area contributed by atoms with Crippen molar-refractivity contribution in [1.82, 2.24) is 10.3 Å². The van der Waals surface area contributed by atoms with Gasteiger partial charge in [0.1, 0.15) is 11.7 Å². The van der Waals surface area contributed by atoms with Gasteiger partial charge in [-0.15, -0.1) is 0 Å². The van der Waals surface area contributed by atoms with Gasteiger partial charge in [-0.05, 0) is 32.3 Å². The molecule has 6 N–H and O–H groups in total. The molecule has 2 atom stereocenters. The fraction of sp³-hybridized carbons (Fsp3) is 0.389. The number of anilines is 2. The highest BCUT2D eigenvalue weighted by Crippen LogP contribution is 2.25. The molecule has 0 aromatic carbocycles. The lowest BCUT2D eigenvalue weighted by atomic mass is 10.0. The maximum atomic E-state index is 12.3. The minimum absolute atomic E-state index is 0.0496. The van der Waals surface area contributed by atoms with E-state index in [2.05, 4.69) is 32.8 Å². The fourth-order valence-electron chi connectivity index (χ4n) is 3.14. The van der Waals surface area contributed by atoms with Crippen molar-refractivity contribution < 1.29 is 4.79 Å². The number of nitrogens with one attached hydrogen (secondary N) is 2. The van der Waals surface area contributed by atoms with Gasteiger partial charge in [0.05, 0.1) is 23.3 Å². The van der Waals surface area contributed by atoms with Gasteiger partial charge in [0.15, 0.2) is 0 Å². The van der Waals surface area contributed by atoms with E-state index in [0.717, 1.165) is 24.1 Å². The van der Waals surface area contributed by atoms with Crippen molar-refractivity contribution in [3.63, 3.8) is 0 Å². The average Bonchev–Trinajstić information content (AvgIpc) is 2.54. The predicted molar refractivity (Wildman–Crippen MR) is 101 cm³/mol. The van der Waals surface area contributed by atoms with Crippen molar-refractivity contribution in [1.29, 1.82) is 0 Å². The summed E-state index contributed by atoms with van der Waals surface area (Å²) in [7, 11) is 0. The largest absolute Gasteiger partial charge is 0.398 e. The van der Waals surface area contributed by atoms with Gasteiger partial charge in [-0.3, -0.25) is 10.3 Å². The first-order valence-corrected chi connectivity index (χ1v) is 8.51. The summed E-state index contributed by atoms with van der Waals surface area (Å²) in [6.07, 6.45) is 9.00. The second-order valence-corrected chi connectivity index (χ2v) is 6.49. The molecular formula is C18H24N6O. The van der Waals surface area contributed by atoms with Crippen molar-refractivity contribution in [3.05, 3.63) is 41.1 Å². The molecule has 0 bridgehead atoms. The first-order valence-electron chi connectivity index (χ1n) is 8.51. The molecule has 1 aliphatic heterocycles. The van der Waals surface area contributed by atoms with E-state index in [1.54, 1.807) is 6.07 Å². The van der Waals surface area contributed by atoms with Crippen LogP contribution in [-0.4, -0.2) is 28.9 Å². The number of carbonyl (C=O) groups is 1. The van der Waals surface area contributed by atoms with Crippen LogP contribution in [0.4, 0.5) is 16.3 Å². The summed E-state index contributed by atoms with van der Waals surface area (Å²) in [4.78, 5) is 21.1. The Labute approximate surface area is 147 Å². The van der Waals surface area contributed by atoms with Gasteiger partial charge in [0.25, 0.3) is 0 Å². The third-order valence-electron chi connectivity index (χ3n) is 4.34. The number of allylic oxidation sites excluding steroid dienone is 2. The Morgan fingerprint density at radius 2 is 2.16 bits per heavy atom. The van der Waals surface area contributed by atoms with E-state index in [0.29, 0.717) is 29.3 Å². The van der Waals surface area contributed by atoms with Crippen LogP contribution in [-0.2, 0) is 6.42 Å². The maximum absolute atomic E-state index is 12.3. The van der Waals surface area contributed by atoms with Crippen LogP contribution in [0.5, 0.6) is 0 Å². The van der Waals surface area contributed by atoms with Gasteiger partial charge in [0, 0.05) is 18.2 Å². The Kier molecular flexibility index (Phi) is 4.74. The highest BCUT2D eigenvalue weighted by atomic mass is 16.2. The number of amides is 2. The van der Waals surface area contributed by atoms with Gasteiger partial charge < -0.3 is 16.8 Å². The van der Waals surface area contributed by atoms with Gasteiger partial charge in [-0.2, -0.15) is 0 Å². The lowest BCUT2D eigenvalue weighted by Crippen LogP contribution is -2.37. The Balaban J connectivity index is 1.71. The van der Waals surface area contributed by atoms with E-state index in [1.165, 1.54) is 0 Å². The summed E-state index contributed by atoms with van der Waals surface area (Å²) in [5, 5.41) is 5.68. The summed E-state index contributed by atoms with van der Waals surface area (Å²) in [5.41, 5.74) is 15.1. The third kappa shape index (κ3) is 3.81. The van der Waals surface area contributed by atoms with Crippen molar-refractivity contribution in [2.45, 2.75) is 45.2 Å². The average molecular weight is 340 g/mol. The highest BCUT2D eigenvalue weighted by Gasteiger charge is 2.22. The molecule has 2 unspecified atom stereocenters. The Morgan fingerprint density at radius 1 is 1.36 bits per heavy atom. The van der Waals surface area contributed by atoms with Gasteiger partial charge in [-0.25, -0.2) is 9.78 Å². The maximum Gasteiger partial charge on any atom is 0.320 e. The van der Waals surface area contributed by atoms with E-state index < -0.39 is 0 Å². The molecule has 0 radical (unpaired) electrons. The summed E-state index contributed by atoms with van der Waals surface area (Å²) < 4.78 is 0. The number of carbonyl (C=O) groups excluding carboxylic acids is 1. The van der Waals surface area contributed by atoms with E-state index >= 15 is 0 Å². The summed E-state index contributed by atoms with van der Waals surface area (Å²) in [5.74, 6) is 0.815. The molecular weight excluding hydrogens is 316 g/mol. The Morgan fingerprint density at radius 3 is 2.88 bits per heavy atom. The molecule has 0 saturated heterocycles. The first kappa shape index (κ1) is 17.0. The van der Waals surface area contributed by atoms with Crippen LogP contribution >= 0.6 is 0 Å². The predicted octanol–water partition coefficient (Wildman–Crippen LogP) is 2.10. The number of hydrogen-bond acceptors (Lipinski definition) is 5. The molecule has 132 valence electrons. The number of amidine groups is 1. The SMILES string of the molecule is CC1Cc2nc(NC(=O)NC(C)C3=CCCC=C3)cc(N)c2C(N)=N1. The van der Waals surface area contributed by atoms with Crippen molar-refractivity contribution in [3.8, 4) is 0 Å². The van der Waals surface area contributed by atoms with E-state index in [1.807, 2.05) is 19.9 Å². The normalized spacial score (nSPS) is 20.2. The number of nitrogens with zero attached hydrogens (tertiary/aromatic N) is 2. The number of fused-ring (bicyclic) bond motifs is 1. The molecule has 2 amide bonds. The van der Waals surface area contributed by atoms with E-state index in [-0.39, 0.29) is 18.1 Å². The minimum Gasteiger partial charge on any atom is -0.398 e. The number of nitrogens with two attached hydrogens (primary N) is 2. The van der Waals surface area contributed by atoms with Gasteiger partial charge in [-0.1, -0.05) is 18.2 Å². The van der Waals surface area contributed by atoms with E-state index in [4.69, 9.17) is 11.5 Å². The van der Waals surface area contributed by atoms with Gasteiger partial charge >= 0.3 is 6.03 Å².